The van der Waals surface area contributed by atoms with Gasteiger partial charge in [0.1, 0.15) is 12.1 Å². The van der Waals surface area contributed by atoms with E-state index in [1.54, 1.807) is 23.2 Å². The monoisotopic (exact) mass is 726 g/mol. The molecule has 2 aliphatic rings. The minimum atomic E-state index is -0.818. The summed E-state index contributed by atoms with van der Waals surface area (Å²) >= 11 is 2.56. The average molecular weight is 727 g/mol. The third-order valence-corrected chi connectivity index (χ3v) is 11.8. The van der Waals surface area contributed by atoms with Gasteiger partial charge in [-0.15, -0.1) is 22.7 Å². The van der Waals surface area contributed by atoms with Gasteiger partial charge in [0.25, 0.3) is 11.8 Å². The molecule has 2 fully saturated rings. The first-order chi connectivity index (χ1) is 24.7. The maximum absolute atomic E-state index is 13.7. The van der Waals surface area contributed by atoms with Crippen molar-refractivity contribution < 1.29 is 29.4 Å². The number of hydrogen-bond acceptors (Lipinski definition) is 10. The first-order valence-corrected chi connectivity index (χ1v) is 18.7. The molecule has 12 nitrogen and oxygen atoms in total. The zero-order chi connectivity index (χ0) is 35.6. The largest absolute Gasteiger partial charge is 0.480 e. The highest BCUT2D eigenvalue weighted by Crippen LogP contribution is 2.35. The number of benzene rings is 2. The second-order valence-electron chi connectivity index (χ2n) is 13.1. The Kier molecular flexibility index (Phi) is 10.1. The third kappa shape index (κ3) is 7.22. The first-order valence-electron chi connectivity index (χ1n) is 17.1. The Morgan fingerprint density at radius 3 is 2.02 bits per heavy atom. The molecule has 0 unspecified atom stereocenters. The molecule has 0 saturated carbocycles. The molecule has 0 radical (unpaired) electrons. The Balaban J connectivity index is 1.07. The van der Waals surface area contributed by atoms with E-state index in [2.05, 4.69) is 15.3 Å². The van der Waals surface area contributed by atoms with Crippen molar-refractivity contribution in [2.24, 2.45) is 0 Å². The van der Waals surface area contributed by atoms with Crippen LogP contribution in [0, 0.1) is 6.92 Å². The number of nitrogens with zero attached hydrogens (tertiary/aromatic N) is 5. The number of likely N-dealkylation sites (tertiary alicyclic amines) is 2. The number of amides is 1. The van der Waals surface area contributed by atoms with Crippen LogP contribution in [-0.4, -0.2) is 83.5 Å². The lowest BCUT2D eigenvalue weighted by Crippen LogP contribution is -2.43. The van der Waals surface area contributed by atoms with Crippen LogP contribution < -0.4 is 5.32 Å². The first kappa shape index (κ1) is 34.7. The van der Waals surface area contributed by atoms with Gasteiger partial charge in [0, 0.05) is 52.5 Å². The highest BCUT2D eigenvalue weighted by atomic mass is 32.1. The minimum absolute atomic E-state index is 0.258. The number of hydrogen-bond donors (Lipinski definition) is 3. The lowest BCUT2D eigenvalue weighted by Gasteiger charge is -2.32. The van der Waals surface area contributed by atoms with E-state index in [0.717, 1.165) is 63.0 Å². The van der Waals surface area contributed by atoms with E-state index in [4.69, 9.17) is 0 Å². The summed E-state index contributed by atoms with van der Waals surface area (Å²) in [6.07, 6.45) is 9.99. The third-order valence-electron chi connectivity index (χ3n) is 9.82. The molecule has 0 spiro atoms. The zero-order valence-corrected chi connectivity index (χ0v) is 29.7. The summed E-state index contributed by atoms with van der Waals surface area (Å²) < 4.78 is 1.59. The predicted octanol–water partition coefficient (Wildman–Crippen LogP) is 6.35. The van der Waals surface area contributed by atoms with Gasteiger partial charge in [-0.1, -0.05) is 37.1 Å². The molecule has 7 rings (SSSR count). The Morgan fingerprint density at radius 1 is 0.784 bits per heavy atom. The van der Waals surface area contributed by atoms with Crippen LogP contribution in [0.5, 0.6) is 0 Å². The highest BCUT2D eigenvalue weighted by Gasteiger charge is 2.30. The van der Waals surface area contributed by atoms with Crippen LogP contribution in [0.1, 0.15) is 73.4 Å². The molecule has 0 aliphatic carbocycles. The molecule has 2 atom stereocenters. The number of nitrogens with one attached hydrogen (secondary N) is 1. The Labute approximate surface area is 302 Å². The smallest absolute Gasteiger partial charge is 0.320 e. The lowest BCUT2D eigenvalue weighted by molar-refractivity contribution is -0.145. The van der Waals surface area contributed by atoms with E-state index < -0.39 is 24.0 Å². The zero-order valence-electron chi connectivity index (χ0n) is 28.1. The Hall–Kier alpha value is -4.76. The molecule has 264 valence electrons. The molecule has 14 heteroatoms. The molecule has 2 aromatic carbocycles. The number of aliphatic carboxylic acids is 2. The van der Waals surface area contributed by atoms with E-state index in [1.807, 2.05) is 59.2 Å². The molecule has 51 heavy (non-hydrogen) atoms. The van der Waals surface area contributed by atoms with E-state index in [0.29, 0.717) is 54.7 Å². The van der Waals surface area contributed by atoms with Crippen molar-refractivity contribution in [3.05, 3.63) is 86.4 Å². The molecular weight excluding hydrogens is 689 g/mol. The summed E-state index contributed by atoms with van der Waals surface area (Å²) in [5.41, 5.74) is 4.02. The normalized spacial score (nSPS) is 18.5. The Bertz CT molecular complexity index is 2120. The van der Waals surface area contributed by atoms with E-state index in [9.17, 15) is 29.4 Å². The number of rotatable bonds is 10. The molecule has 5 aromatic rings. The van der Waals surface area contributed by atoms with Crippen LogP contribution >= 0.6 is 22.7 Å². The minimum Gasteiger partial charge on any atom is -0.480 e. The molecule has 3 aromatic heterocycles. The average Bonchev–Trinajstić information content (AvgIpc) is 3.90. The quantitative estimate of drug-likeness (QED) is 0.148. The number of piperidine rings is 2. The number of anilines is 1. The van der Waals surface area contributed by atoms with Crippen molar-refractivity contribution in [1.82, 2.24) is 24.3 Å². The fourth-order valence-corrected chi connectivity index (χ4v) is 8.91. The highest BCUT2D eigenvalue weighted by molar-refractivity contribution is 7.14. The second-order valence-corrected chi connectivity index (χ2v) is 15.3. The maximum Gasteiger partial charge on any atom is 0.320 e. The summed E-state index contributed by atoms with van der Waals surface area (Å²) in [5.74, 6) is -2.23. The van der Waals surface area contributed by atoms with Crippen molar-refractivity contribution in [1.29, 1.82) is 0 Å². The van der Waals surface area contributed by atoms with Gasteiger partial charge >= 0.3 is 11.9 Å². The fraction of sp³-hybridized carbons (Fsp3) is 0.351. The SMILES string of the molecule is Cc1c(NC(=O)c2ncc(CN3CCCC[C@H]3C(=O)O)s2)cccc1-c1cccc2c1ccn2C(=O)c1ncc(CN2CCCC[C@H]2C(=O)O)s1. The molecule has 2 aliphatic heterocycles. The van der Waals surface area contributed by atoms with Crippen LogP contribution in [0.2, 0.25) is 0 Å². The van der Waals surface area contributed by atoms with Crippen LogP contribution in [-0.2, 0) is 22.7 Å². The molecule has 3 N–H and O–H groups in total. The standard InChI is InChI=1S/C37H38N6O6S2/c1-22-25(8-6-10-28(22)40-32(44)33-38-18-23(50-33)20-41-15-4-2-11-30(41)36(46)47)26-9-7-13-29-27(26)14-17-43(29)35(45)34-39-19-24(51-34)21-42-16-5-3-12-31(42)37(48)49/h6-10,13-14,17-19,30-31H,2-5,11-12,15-16,20-21H2,1H3,(H,40,44)(H,46,47)(H,48,49)/t30-,31-/m0/s1. The molecule has 2 saturated heterocycles. The maximum atomic E-state index is 13.7. The Morgan fingerprint density at radius 2 is 1.37 bits per heavy atom. The fourth-order valence-electron chi connectivity index (χ4n) is 7.21. The topological polar surface area (TPSA) is 158 Å². The van der Waals surface area contributed by atoms with Gasteiger partial charge in [0.2, 0.25) is 0 Å². The predicted molar refractivity (Wildman–Crippen MR) is 195 cm³/mol. The number of carbonyl (C=O) groups is 4. The summed E-state index contributed by atoms with van der Waals surface area (Å²) in [7, 11) is 0. The molecular formula is C37H38N6O6S2. The molecule has 1 amide bonds. The van der Waals surface area contributed by atoms with Gasteiger partial charge in [0.15, 0.2) is 10.0 Å². The van der Waals surface area contributed by atoms with Crippen molar-refractivity contribution >= 4 is 63.0 Å². The van der Waals surface area contributed by atoms with Gasteiger partial charge in [-0.3, -0.25) is 33.5 Å². The van der Waals surface area contributed by atoms with Crippen molar-refractivity contribution in [3.8, 4) is 11.1 Å². The van der Waals surface area contributed by atoms with Gasteiger partial charge in [-0.05, 0) is 80.6 Å². The van der Waals surface area contributed by atoms with Crippen LogP contribution in [0.25, 0.3) is 22.0 Å². The second kappa shape index (κ2) is 14.8. The van der Waals surface area contributed by atoms with E-state index >= 15 is 0 Å². The van der Waals surface area contributed by atoms with Crippen LogP contribution in [0.4, 0.5) is 5.69 Å². The molecule has 0 bridgehead atoms. The summed E-state index contributed by atoms with van der Waals surface area (Å²) in [5, 5.41) is 23.8. The van der Waals surface area contributed by atoms with Crippen molar-refractivity contribution in [2.45, 2.75) is 70.6 Å². The summed E-state index contributed by atoms with van der Waals surface area (Å²) in [6.45, 7) is 4.23. The number of aromatic nitrogens is 3. The van der Waals surface area contributed by atoms with E-state index in [-0.39, 0.29) is 11.8 Å². The lowest BCUT2D eigenvalue weighted by atomic mass is 9.96. The number of thiazole rings is 2. The van der Waals surface area contributed by atoms with Gasteiger partial charge in [-0.25, -0.2) is 9.97 Å². The van der Waals surface area contributed by atoms with Crippen molar-refractivity contribution in [3.63, 3.8) is 0 Å². The van der Waals surface area contributed by atoms with Crippen LogP contribution in [0.3, 0.4) is 0 Å². The van der Waals surface area contributed by atoms with Crippen LogP contribution in [0.15, 0.2) is 61.1 Å². The number of fused-ring (bicyclic) bond motifs is 1. The molecule has 5 heterocycles. The van der Waals surface area contributed by atoms with Crippen molar-refractivity contribution in [2.75, 3.05) is 18.4 Å². The summed E-state index contributed by atoms with van der Waals surface area (Å²) in [4.78, 5) is 64.9. The van der Waals surface area contributed by atoms with Gasteiger partial charge in [-0.2, -0.15) is 0 Å². The van der Waals surface area contributed by atoms with Gasteiger partial charge < -0.3 is 15.5 Å². The summed E-state index contributed by atoms with van der Waals surface area (Å²) in [6, 6.07) is 12.3. The number of carbonyl (C=O) groups excluding carboxylic acids is 2. The number of carboxylic acid groups (broad SMARTS) is 2. The van der Waals surface area contributed by atoms with Gasteiger partial charge in [0.05, 0.1) is 5.52 Å². The number of carboxylic acids is 2. The van der Waals surface area contributed by atoms with E-state index in [1.165, 1.54) is 22.7 Å².